The molecule has 1 aliphatic rings. The van der Waals surface area contributed by atoms with E-state index in [2.05, 4.69) is 10.1 Å². The summed E-state index contributed by atoms with van der Waals surface area (Å²) in [5, 5.41) is 13.0. The van der Waals surface area contributed by atoms with Crippen molar-refractivity contribution in [2.24, 2.45) is 0 Å². The number of esters is 1. The number of nitrogens with one attached hydrogen (secondary N) is 1. The van der Waals surface area contributed by atoms with Crippen LogP contribution in [-0.2, 0) is 9.53 Å². The maximum Gasteiger partial charge on any atom is 0.339 e. The maximum absolute atomic E-state index is 11.2. The second-order valence-corrected chi connectivity index (χ2v) is 3.64. The smallest absolute Gasteiger partial charge is 0.339 e. The number of carbonyl (C=O) groups is 1. The number of hydrogen-bond donors (Lipinski definition) is 2. The molecule has 1 aliphatic heterocycles. The summed E-state index contributed by atoms with van der Waals surface area (Å²) in [6.07, 6.45) is 2.97. The van der Waals surface area contributed by atoms with Crippen molar-refractivity contribution in [3.63, 3.8) is 0 Å². The van der Waals surface area contributed by atoms with Crippen LogP contribution < -0.4 is 5.32 Å². The van der Waals surface area contributed by atoms with Gasteiger partial charge in [0.25, 0.3) is 0 Å². The van der Waals surface area contributed by atoms with Gasteiger partial charge in [0, 0.05) is 6.04 Å². The first-order valence-corrected chi connectivity index (χ1v) is 4.63. The first kappa shape index (κ1) is 10.5. The Labute approximate surface area is 78.3 Å². The zero-order chi connectivity index (χ0) is 9.90. The highest BCUT2D eigenvalue weighted by atomic mass is 16.5. The molecule has 0 saturated carbocycles. The molecule has 1 saturated heterocycles. The number of carbonyl (C=O) groups excluding carboxylic acids is 1. The summed E-state index contributed by atoms with van der Waals surface area (Å²) in [7, 11) is 1.29. The van der Waals surface area contributed by atoms with Crippen LogP contribution in [0.25, 0.3) is 0 Å². The third kappa shape index (κ3) is 2.19. The molecular formula is C9H17NO3. The van der Waals surface area contributed by atoms with Crippen molar-refractivity contribution in [3.05, 3.63) is 0 Å². The molecule has 4 nitrogen and oxygen atoms in total. The van der Waals surface area contributed by atoms with Crippen LogP contribution in [0.3, 0.4) is 0 Å². The molecule has 0 aromatic heterocycles. The Morgan fingerprint density at radius 2 is 2.31 bits per heavy atom. The van der Waals surface area contributed by atoms with E-state index in [1.165, 1.54) is 14.0 Å². The number of aliphatic hydroxyl groups is 1. The largest absolute Gasteiger partial charge is 0.467 e. The molecule has 4 heteroatoms. The molecule has 76 valence electrons. The molecule has 1 rings (SSSR count). The van der Waals surface area contributed by atoms with Gasteiger partial charge >= 0.3 is 5.97 Å². The van der Waals surface area contributed by atoms with Crippen molar-refractivity contribution in [1.29, 1.82) is 0 Å². The van der Waals surface area contributed by atoms with Gasteiger partial charge < -0.3 is 15.2 Å². The molecule has 0 aromatic rings. The minimum Gasteiger partial charge on any atom is -0.467 e. The van der Waals surface area contributed by atoms with Crippen molar-refractivity contribution in [1.82, 2.24) is 5.32 Å². The van der Waals surface area contributed by atoms with Crippen LogP contribution >= 0.6 is 0 Å². The lowest BCUT2D eigenvalue weighted by molar-refractivity contribution is -0.164. The molecule has 2 atom stereocenters. The van der Waals surface area contributed by atoms with Crippen molar-refractivity contribution in [2.75, 3.05) is 13.7 Å². The van der Waals surface area contributed by atoms with Crippen molar-refractivity contribution < 1.29 is 14.6 Å². The zero-order valence-electron chi connectivity index (χ0n) is 8.17. The lowest BCUT2D eigenvalue weighted by Gasteiger charge is -2.33. The third-order valence-corrected chi connectivity index (χ3v) is 2.59. The molecule has 2 N–H and O–H groups in total. The van der Waals surface area contributed by atoms with E-state index in [1.807, 2.05) is 0 Å². The Kier molecular flexibility index (Phi) is 3.27. The average Bonchev–Trinajstić information content (AvgIpc) is 2.18. The molecule has 0 radical (unpaired) electrons. The Morgan fingerprint density at radius 3 is 2.77 bits per heavy atom. The zero-order valence-corrected chi connectivity index (χ0v) is 8.17. The van der Waals surface area contributed by atoms with Crippen LogP contribution in [-0.4, -0.2) is 36.4 Å². The highest BCUT2D eigenvalue weighted by Gasteiger charge is 2.40. The molecule has 0 spiro atoms. The monoisotopic (exact) mass is 187 g/mol. The summed E-state index contributed by atoms with van der Waals surface area (Å²) in [5.74, 6) is -0.563. The molecule has 0 unspecified atom stereocenters. The van der Waals surface area contributed by atoms with E-state index < -0.39 is 11.6 Å². The second kappa shape index (κ2) is 4.07. The Balaban J connectivity index is 2.60. The predicted molar refractivity (Wildman–Crippen MR) is 48.3 cm³/mol. The van der Waals surface area contributed by atoms with Gasteiger partial charge in [-0.3, -0.25) is 0 Å². The number of hydrogen-bond acceptors (Lipinski definition) is 4. The normalized spacial score (nSPS) is 27.8. The molecule has 0 aliphatic carbocycles. The number of piperidine rings is 1. The van der Waals surface area contributed by atoms with Gasteiger partial charge in [-0.2, -0.15) is 0 Å². The summed E-state index contributed by atoms with van der Waals surface area (Å²) in [5.41, 5.74) is -1.39. The van der Waals surface area contributed by atoms with E-state index in [0.29, 0.717) is 0 Å². The SMILES string of the molecule is COC(=O)[C@](C)(O)[C@@H]1CCCCN1. The van der Waals surface area contributed by atoms with Crippen LogP contribution in [0.4, 0.5) is 0 Å². The highest BCUT2D eigenvalue weighted by molar-refractivity contribution is 5.79. The molecule has 1 fully saturated rings. The fraction of sp³-hybridized carbons (Fsp3) is 0.889. The second-order valence-electron chi connectivity index (χ2n) is 3.64. The van der Waals surface area contributed by atoms with Crippen LogP contribution in [0.15, 0.2) is 0 Å². The van der Waals surface area contributed by atoms with Gasteiger partial charge in [0.15, 0.2) is 5.60 Å². The van der Waals surface area contributed by atoms with Crippen molar-refractivity contribution >= 4 is 5.97 Å². The van der Waals surface area contributed by atoms with E-state index in [9.17, 15) is 9.90 Å². The highest BCUT2D eigenvalue weighted by Crippen LogP contribution is 2.20. The summed E-state index contributed by atoms with van der Waals surface area (Å²) in [6.45, 7) is 2.36. The summed E-state index contributed by atoms with van der Waals surface area (Å²) in [6, 6.07) is -0.173. The molecule has 13 heavy (non-hydrogen) atoms. The van der Waals surface area contributed by atoms with Crippen LogP contribution in [0.1, 0.15) is 26.2 Å². The minimum absolute atomic E-state index is 0.173. The standard InChI is InChI=1S/C9H17NO3/c1-9(12,8(11)13-2)7-5-3-4-6-10-7/h7,10,12H,3-6H2,1-2H3/t7-,9+/m0/s1. The molecular weight excluding hydrogens is 170 g/mol. The van der Waals surface area contributed by atoms with Gasteiger partial charge in [-0.05, 0) is 26.3 Å². The van der Waals surface area contributed by atoms with E-state index in [4.69, 9.17) is 0 Å². The molecule has 0 aromatic carbocycles. The summed E-state index contributed by atoms with van der Waals surface area (Å²) < 4.78 is 4.54. The maximum atomic E-state index is 11.2. The third-order valence-electron chi connectivity index (χ3n) is 2.59. The van der Waals surface area contributed by atoms with Gasteiger partial charge in [0.2, 0.25) is 0 Å². The van der Waals surface area contributed by atoms with Gasteiger partial charge in [-0.1, -0.05) is 6.42 Å². The van der Waals surface area contributed by atoms with E-state index in [-0.39, 0.29) is 6.04 Å². The van der Waals surface area contributed by atoms with E-state index in [1.54, 1.807) is 0 Å². The number of ether oxygens (including phenoxy) is 1. The number of methoxy groups -OCH3 is 1. The number of rotatable bonds is 2. The predicted octanol–water partition coefficient (Wildman–Crippen LogP) is 0.0525. The first-order chi connectivity index (χ1) is 6.09. The Hall–Kier alpha value is -0.610. The fourth-order valence-electron chi connectivity index (χ4n) is 1.68. The minimum atomic E-state index is -1.39. The molecule has 0 amide bonds. The average molecular weight is 187 g/mol. The van der Waals surface area contributed by atoms with Gasteiger partial charge in [0.05, 0.1) is 7.11 Å². The first-order valence-electron chi connectivity index (χ1n) is 4.63. The topological polar surface area (TPSA) is 58.6 Å². The quantitative estimate of drug-likeness (QED) is 0.600. The van der Waals surface area contributed by atoms with Gasteiger partial charge in [0.1, 0.15) is 0 Å². The van der Waals surface area contributed by atoms with Crippen molar-refractivity contribution in [3.8, 4) is 0 Å². The van der Waals surface area contributed by atoms with Gasteiger partial charge in [-0.15, -0.1) is 0 Å². The lowest BCUT2D eigenvalue weighted by atomic mass is 9.89. The van der Waals surface area contributed by atoms with Gasteiger partial charge in [-0.25, -0.2) is 4.79 Å². The van der Waals surface area contributed by atoms with E-state index >= 15 is 0 Å². The van der Waals surface area contributed by atoms with Crippen LogP contribution in [0.5, 0.6) is 0 Å². The van der Waals surface area contributed by atoms with Crippen molar-refractivity contribution in [2.45, 2.75) is 37.8 Å². The van der Waals surface area contributed by atoms with Crippen LogP contribution in [0, 0.1) is 0 Å². The van der Waals surface area contributed by atoms with E-state index in [0.717, 1.165) is 25.8 Å². The Bertz CT molecular complexity index is 185. The summed E-state index contributed by atoms with van der Waals surface area (Å²) in [4.78, 5) is 11.2. The Morgan fingerprint density at radius 1 is 1.62 bits per heavy atom. The summed E-state index contributed by atoms with van der Waals surface area (Å²) >= 11 is 0. The fourth-order valence-corrected chi connectivity index (χ4v) is 1.68. The van der Waals surface area contributed by atoms with Crippen LogP contribution in [0.2, 0.25) is 0 Å². The molecule has 1 heterocycles. The molecule has 0 bridgehead atoms. The lowest BCUT2D eigenvalue weighted by Crippen LogP contribution is -2.56.